The lowest BCUT2D eigenvalue weighted by Crippen LogP contribution is -2.62. The van der Waals surface area contributed by atoms with Gasteiger partial charge in [-0.3, -0.25) is 19.2 Å². The largest absolute Gasteiger partial charge is 0.508 e. The summed E-state index contributed by atoms with van der Waals surface area (Å²) in [7, 11) is 9.48. The number of phenolic OH excluding ortho intramolecular Hbond substituents is 1. The number of aliphatic hydroxyl groups is 1. The number of hydrogen-bond acceptors (Lipinski definition) is 11. The van der Waals surface area contributed by atoms with Gasteiger partial charge in [0.05, 0.1) is 26.2 Å². The number of benzene rings is 4. The lowest BCUT2D eigenvalue weighted by Gasteiger charge is -2.62. The van der Waals surface area contributed by atoms with Crippen LogP contribution in [-0.2, 0) is 38.5 Å². The maximum Gasteiger partial charge on any atom is 0.306 e. The van der Waals surface area contributed by atoms with Gasteiger partial charge in [0.15, 0.2) is 0 Å². The summed E-state index contributed by atoms with van der Waals surface area (Å²) >= 11 is 0. The lowest BCUT2D eigenvalue weighted by atomic mass is 9.45. The van der Waals surface area contributed by atoms with Crippen molar-refractivity contribution in [1.82, 2.24) is 20.6 Å². The summed E-state index contributed by atoms with van der Waals surface area (Å²) in [6, 6.07) is 27.3. The molecular formula is C54H71N5O8. The Morgan fingerprint density at radius 3 is 2.31 bits per heavy atom. The van der Waals surface area contributed by atoms with E-state index >= 15 is 0 Å². The normalized spacial score (nSPS) is 24.0. The Hall–Kier alpha value is -5.47. The van der Waals surface area contributed by atoms with Crippen LogP contribution in [0.1, 0.15) is 74.0 Å². The monoisotopic (exact) mass is 918 g/mol. The van der Waals surface area contributed by atoms with Crippen molar-refractivity contribution >= 4 is 23.5 Å². The third-order valence-electron chi connectivity index (χ3n) is 14.8. The first-order valence-corrected chi connectivity index (χ1v) is 23.8. The summed E-state index contributed by atoms with van der Waals surface area (Å²) in [6.07, 6.45) is 1.59. The van der Waals surface area contributed by atoms with E-state index < -0.39 is 36.7 Å². The van der Waals surface area contributed by atoms with Gasteiger partial charge < -0.3 is 40.1 Å². The predicted octanol–water partition coefficient (Wildman–Crippen LogP) is 6.88. The molecule has 4 aromatic carbocycles. The van der Waals surface area contributed by atoms with Crippen LogP contribution in [0.2, 0.25) is 0 Å². The second-order valence-electron chi connectivity index (χ2n) is 20.1. The molecule has 3 aliphatic carbocycles. The summed E-state index contributed by atoms with van der Waals surface area (Å²) in [6.45, 7) is 9.01. The first kappa shape index (κ1) is 49.4. The van der Waals surface area contributed by atoms with Gasteiger partial charge in [-0.25, -0.2) is 0 Å². The number of fused-ring (bicyclic) bond motifs is 2. The fourth-order valence-corrected chi connectivity index (χ4v) is 11.0. The maximum absolute atomic E-state index is 14.9. The van der Waals surface area contributed by atoms with Crippen LogP contribution in [-0.4, -0.2) is 117 Å². The average molecular weight is 918 g/mol. The van der Waals surface area contributed by atoms with E-state index in [0.717, 1.165) is 46.3 Å². The fourth-order valence-electron chi connectivity index (χ4n) is 11.0. The molecule has 360 valence electrons. The minimum atomic E-state index is -0.928. The van der Waals surface area contributed by atoms with Crippen LogP contribution in [0.5, 0.6) is 11.5 Å². The first-order valence-electron chi connectivity index (χ1n) is 23.8. The second-order valence-corrected chi connectivity index (χ2v) is 20.1. The van der Waals surface area contributed by atoms with Crippen molar-refractivity contribution in [2.24, 2.45) is 29.1 Å². The van der Waals surface area contributed by atoms with Crippen LogP contribution < -0.4 is 20.3 Å². The number of aryl methyl sites for hydroxylation is 1. The van der Waals surface area contributed by atoms with E-state index in [4.69, 9.17) is 14.3 Å². The molecule has 4 aliphatic rings. The number of likely N-dealkylation sites (N-methyl/N-ethyl adjacent to an activating group) is 1. The molecule has 13 nitrogen and oxygen atoms in total. The Balaban J connectivity index is 1.17. The summed E-state index contributed by atoms with van der Waals surface area (Å²) in [5.74, 6) is 0.397. The predicted molar refractivity (Wildman–Crippen MR) is 261 cm³/mol. The zero-order valence-corrected chi connectivity index (χ0v) is 40.7. The molecule has 67 heavy (non-hydrogen) atoms. The molecule has 13 heteroatoms. The number of carbonyl (C=O) groups excluding carboxylic acids is 3. The number of esters is 1. The summed E-state index contributed by atoms with van der Waals surface area (Å²) < 4.78 is 12.3. The highest BCUT2D eigenvalue weighted by Crippen LogP contribution is 2.61. The highest BCUT2D eigenvalue weighted by Gasteiger charge is 2.57. The Morgan fingerprint density at radius 1 is 0.940 bits per heavy atom. The minimum absolute atomic E-state index is 0.0344. The number of methoxy groups -OCH3 is 1. The molecule has 1 saturated heterocycles. The maximum atomic E-state index is 14.9. The van der Waals surface area contributed by atoms with Gasteiger partial charge in [-0.05, 0) is 117 Å². The van der Waals surface area contributed by atoms with Crippen molar-refractivity contribution in [3.63, 3.8) is 0 Å². The number of hydroxylamine groups is 2. The molecule has 2 bridgehead atoms. The van der Waals surface area contributed by atoms with Crippen molar-refractivity contribution in [3.05, 3.63) is 113 Å². The highest BCUT2D eigenvalue weighted by molar-refractivity contribution is 5.97. The Bertz CT molecular complexity index is 2340. The number of amides is 2. The molecule has 0 spiro atoms. The zero-order chi connectivity index (χ0) is 48.2. The quantitative estimate of drug-likeness (QED) is 0.0729. The summed E-state index contributed by atoms with van der Waals surface area (Å²) in [5, 5.41) is 28.9. The molecule has 3 saturated carbocycles. The highest BCUT2D eigenvalue weighted by atomic mass is 16.7. The molecule has 4 fully saturated rings. The van der Waals surface area contributed by atoms with E-state index in [1.54, 1.807) is 43.4 Å². The number of hydrogen-bond donors (Lipinski definition) is 4. The molecule has 4 N–H and O–H groups in total. The number of carbonyl (C=O) groups is 3. The molecule has 8 rings (SSSR count). The van der Waals surface area contributed by atoms with Crippen molar-refractivity contribution in [2.75, 3.05) is 53.4 Å². The molecule has 0 radical (unpaired) electrons. The Morgan fingerprint density at radius 2 is 1.67 bits per heavy atom. The van der Waals surface area contributed by atoms with Crippen LogP contribution >= 0.6 is 0 Å². The standard InChI is InChI=1S/C54H71N5O8/c1-33-45-28-40(54(45,3)4)29-46(33)56-53(64)50-49(34(2)66-48(62)23-20-35-18-21-43(61)22-19-35)47(32-60)67-59(50)30-37-16-13-17-44(51(37)65-9)38-25-39(27-42(26-38)58(7)8)52(63)55-41(31-57(5)6)24-36-14-11-10-12-15-36/h10-19,21-22,25-27,33-34,40-41,45-47,49-50,60-61H,20,23-24,28-32H2,1-9H3,(H,55,63)(H,56,64)/t33-,34-,40-,41-,45-,46-,47-,49+,50-/m0/s1. The van der Waals surface area contributed by atoms with Crippen molar-refractivity contribution in [2.45, 2.75) is 96.7 Å². The van der Waals surface area contributed by atoms with Gasteiger partial charge in [0, 0.05) is 61.5 Å². The number of nitrogens with one attached hydrogen (secondary N) is 2. The van der Waals surface area contributed by atoms with Gasteiger partial charge in [0.2, 0.25) is 5.91 Å². The summed E-state index contributed by atoms with van der Waals surface area (Å²) in [5.41, 5.74) is 5.82. The average Bonchev–Trinajstić information content (AvgIpc) is 3.67. The molecule has 1 aliphatic heterocycles. The number of rotatable bonds is 19. The van der Waals surface area contributed by atoms with E-state index in [9.17, 15) is 24.6 Å². The summed E-state index contributed by atoms with van der Waals surface area (Å²) in [4.78, 5) is 53.0. The van der Waals surface area contributed by atoms with E-state index in [-0.39, 0.29) is 53.9 Å². The van der Waals surface area contributed by atoms with Gasteiger partial charge in [-0.15, -0.1) is 0 Å². The van der Waals surface area contributed by atoms with Crippen LogP contribution in [0.25, 0.3) is 11.1 Å². The van der Waals surface area contributed by atoms with Crippen molar-refractivity contribution < 1.29 is 38.9 Å². The van der Waals surface area contributed by atoms with Gasteiger partial charge >= 0.3 is 5.97 Å². The fraction of sp³-hybridized carbons (Fsp3) is 0.500. The third-order valence-corrected chi connectivity index (χ3v) is 14.8. The number of anilines is 1. The molecular weight excluding hydrogens is 847 g/mol. The molecule has 4 aromatic rings. The third kappa shape index (κ3) is 11.3. The lowest BCUT2D eigenvalue weighted by molar-refractivity contribution is -0.183. The van der Waals surface area contributed by atoms with Gasteiger partial charge in [-0.2, -0.15) is 5.06 Å². The number of ether oxygens (including phenoxy) is 2. The van der Waals surface area contributed by atoms with E-state index in [1.165, 1.54) is 0 Å². The minimum Gasteiger partial charge on any atom is -0.508 e. The Kier molecular flexibility index (Phi) is 15.7. The van der Waals surface area contributed by atoms with Crippen LogP contribution in [0.15, 0.2) is 91.0 Å². The topological polar surface area (TPSA) is 153 Å². The molecule has 9 atom stereocenters. The first-order chi connectivity index (χ1) is 32.0. The van der Waals surface area contributed by atoms with Crippen LogP contribution in [0, 0.1) is 29.1 Å². The number of aliphatic hydroxyl groups excluding tert-OH is 1. The SMILES string of the molecule is COc1c(CN2O[C@@H](CO)[C@@H]([C@H](C)OC(=O)CCc3ccc(O)cc3)[C@H]2C(=O)N[C@H]2C[C@@H]3C[C@@H]([C@@H]2C)C3(C)C)cccc1-c1cc(C(=O)N[C@@H](Cc2ccccc2)CN(C)C)cc(N(C)C)c1. The van der Waals surface area contributed by atoms with Crippen LogP contribution in [0.4, 0.5) is 5.69 Å². The number of phenols is 1. The van der Waals surface area contributed by atoms with Crippen molar-refractivity contribution in [3.8, 4) is 22.6 Å². The number of nitrogens with zero attached hydrogens (tertiary/aromatic N) is 3. The zero-order valence-electron chi connectivity index (χ0n) is 40.7. The van der Waals surface area contributed by atoms with Gasteiger partial charge in [0.1, 0.15) is 29.7 Å². The van der Waals surface area contributed by atoms with E-state index in [1.807, 2.05) is 87.7 Å². The Labute approximate surface area is 396 Å². The smallest absolute Gasteiger partial charge is 0.306 e. The van der Waals surface area contributed by atoms with E-state index in [0.29, 0.717) is 42.5 Å². The number of aromatic hydroxyl groups is 1. The van der Waals surface area contributed by atoms with Gasteiger partial charge in [-0.1, -0.05) is 81.4 Å². The molecule has 1 heterocycles. The van der Waals surface area contributed by atoms with E-state index in [2.05, 4.69) is 48.4 Å². The molecule has 0 aromatic heterocycles. The van der Waals surface area contributed by atoms with Gasteiger partial charge in [0.25, 0.3) is 5.91 Å². The molecule has 2 amide bonds. The number of para-hydroxylation sites is 1. The van der Waals surface area contributed by atoms with Crippen molar-refractivity contribution in [1.29, 1.82) is 0 Å². The second kappa shape index (κ2) is 21.2. The molecule has 0 unspecified atom stereocenters. The van der Waals surface area contributed by atoms with Crippen LogP contribution in [0.3, 0.4) is 0 Å².